The molecular weight excluding hydrogens is 1130 g/mol. The maximum atomic E-state index is 17.8. The minimum absolute atomic E-state index is 0.193. The maximum absolute atomic E-state index is 17.8. The number of nitrogens with two attached hydrogens (primary N) is 1. The molecule has 0 aliphatic heterocycles. The van der Waals surface area contributed by atoms with Gasteiger partial charge in [0.05, 0.1) is 143 Å². The standard InChI is InChI=1S/C76H45N13O2/c77-76(47-23-17-41-65-71(47)88-59-35-11-5-29-53(59)82-65,48-24-18-42-66-72(48)89-60-36-12-6-30-54(60)83-66)75(45-21-15-39-63-69(45)86-57-33-9-3-27-51(57)80-63,46-22-16-40-64-70(46)87-58-34-10-4-28-52(58)81-64)74(73(90)91,43-19-13-37-61-67(43)84-55-31-7-1-25-49(55)78-61)44-20-14-38-62-68(44)85-56-32-8-2-26-50(56)79-62/h1-42H,77H2,(H,90,91). The van der Waals surface area contributed by atoms with Crippen LogP contribution in [0.3, 0.4) is 0 Å². The van der Waals surface area contributed by atoms with Crippen LogP contribution in [0.2, 0.25) is 0 Å². The second kappa shape index (κ2) is 19.6. The van der Waals surface area contributed by atoms with Crippen LogP contribution in [0.25, 0.3) is 132 Å². The van der Waals surface area contributed by atoms with E-state index in [0.717, 1.165) is 0 Å². The summed E-state index contributed by atoms with van der Waals surface area (Å²) in [5.74, 6) is -1.36. The third-order valence-corrected chi connectivity index (χ3v) is 18.2. The predicted molar refractivity (Wildman–Crippen MR) is 356 cm³/mol. The van der Waals surface area contributed by atoms with E-state index in [1.807, 2.05) is 255 Å². The first-order valence-corrected chi connectivity index (χ1v) is 29.8. The van der Waals surface area contributed by atoms with E-state index in [9.17, 15) is 10.8 Å². The van der Waals surface area contributed by atoms with Crippen molar-refractivity contribution in [1.82, 2.24) is 59.8 Å². The summed E-state index contributed by atoms with van der Waals surface area (Å²) in [7, 11) is 0. The largest absolute Gasteiger partial charge is 0.480 e. The molecule has 0 amide bonds. The second-order valence-electron chi connectivity index (χ2n) is 22.9. The van der Waals surface area contributed by atoms with Gasteiger partial charge >= 0.3 is 5.97 Å². The van der Waals surface area contributed by atoms with Crippen molar-refractivity contribution in [1.29, 1.82) is 0 Å². The van der Waals surface area contributed by atoms with Crippen molar-refractivity contribution in [2.24, 2.45) is 5.73 Å². The molecule has 0 saturated heterocycles. The van der Waals surface area contributed by atoms with E-state index in [2.05, 4.69) is 0 Å². The van der Waals surface area contributed by atoms with Crippen LogP contribution in [0.15, 0.2) is 255 Å². The number of aromatic nitrogens is 12. The molecule has 0 aliphatic rings. The fraction of sp³-hybridized carbons (Fsp3) is 0.0395. The highest BCUT2D eigenvalue weighted by atomic mass is 16.4. The van der Waals surface area contributed by atoms with Crippen LogP contribution < -0.4 is 5.73 Å². The van der Waals surface area contributed by atoms with Gasteiger partial charge in [0.25, 0.3) is 0 Å². The number of aliphatic carboxylic acids is 1. The summed E-state index contributed by atoms with van der Waals surface area (Å²) < 4.78 is 0. The number of hydrogen-bond donors (Lipinski definition) is 2. The zero-order chi connectivity index (χ0) is 60.6. The van der Waals surface area contributed by atoms with Crippen molar-refractivity contribution in [3.63, 3.8) is 0 Å². The summed E-state index contributed by atoms with van der Waals surface area (Å²) in [4.78, 5) is 83.9. The fourth-order valence-electron chi connectivity index (χ4n) is 14.5. The Bertz CT molecular complexity index is 5810. The molecule has 15 heteroatoms. The van der Waals surface area contributed by atoms with Crippen LogP contribution in [0, 0.1) is 0 Å². The van der Waals surface area contributed by atoms with Gasteiger partial charge in [-0.15, -0.1) is 0 Å². The molecule has 91 heavy (non-hydrogen) atoms. The number of rotatable bonds is 9. The van der Waals surface area contributed by atoms with Crippen LogP contribution in [0.5, 0.6) is 0 Å². The lowest BCUT2D eigenvalue weighted by Gasteiger charge is -2.58. The van der Waals surface area contributed by atoms with Gasteiger partial charge in [0, 0.05) is 22.3 Å². The smallest absolute Gasteiger partial charge is 0.320 e. The molecule has 3 N–H and O–H groups in total. The number of carboxylic acid groups (broad SMARTS) is 1. The molecule has 0 saturated carbocycles. The number of carboxylic acids is 1. The number of fused-ring (bicyclic) bond motifs is 12. The fourth-order valence-corrected chi connectivity index (χ4v) is 14.5. The average Bonchev–Trinajstić information content (AvgIpc) is 0.651. The van der Waals surface area contributed by atoms with Crippen LogP contribution >= 0.6 is 0 Å². The van der Waals surface area contributed by atoms with Crippen molar-refractivity contribution in [3.8, 4) is 0 Å². The molecule has 18 rings (SSSR count). The Morgan fingerprint density at radius 1 is 0.231 bits per heavy atom. The summed E-state index contributed by atoms with van der Waals surface area (Å²) in [5.41, 5.74) is 15.5. The maximum Gasteiger partial charge on any atom is 0.320 e. The number of carbonyl (C=O) groups is 1. The Labute approximate surface area is 515 Å². The lowest BCUT2D eigenvalue weighted by molar-refractivity contribution is -0.145. The van der Waals surface area contributed by atoms with Gasteiger partial charge in [-0.25, -0.2) is 59.8 Å². The molecular formula is C76H45N13O2. The quantitative estimate of drug-likeness (QED) is 0.128. The molecule has 0 radical (unpaired) electrons. The summed E-state index contributed by atoms with van der Waals surface area (Å²) in [6.07, 6.45) is 0. The number of hydrogen-bond acceptors (Lipinski definition) is 14. The highest BCUT2D eigenvalue weighted by Gasteiger charge is 2.72. The van der Waals surface area contributed by atoms with E-state index >= 15 is 4.79 Å². The van der Waals surface area contributed by atoms with Gasteiger partial charge in [-0.05, 0) is 120 Å². The Morgan fingerprint density at radius 2 is 0.407 bits per heavy atom. The van der Waals surface area contributed by atoms with Gasteiger partial charge in [0.1, 0.15) is 5.41 Å². The summed E-state index contributed by atoms with van der Waals surface area (Å²) >= 11 is 0. The molecule has 0 aliphatic carbocycles. The molecule has 15 nitrogen and oxygen atoms in total. The minimum atomic E-state index is -2.67. The summed E-state index contributed by atoms with van der Waals surface area (Å²) in [5, 5.41) is 14.5. The molecule has 18 aromatic rings. The Kier molecular flexibility index (Phi) is 11.2. The van der Waals surface area contributed by atoms with Gasteiger partial charge in [-0.3, -0.25) is 4.79 Å². The molecule has 0 unspecified atom stereocenters. The first-order valence-electron chi connectivity index (χ1n) is 29.8. The van der Waals surface area contributed by atoms with Crippen LogP contribution in [0.4, 0.5) is 0 Å². The number of benzene rings is 12. The number of nitrogens with zero attached hydrogens (tertiary/aromatic N) is 12. The normalized spacial score (nSPS) is 12.5. The molecule has 6 aromatic heterocycles. The first-order chi connectivity index (χ1) is 44.8. The Hall–Kier alpha value is -12.3. The van der Waals surface area contributed by atoms with Crippen molar-refractivity contribution in [3.05, 3.63) is 288 Å². The van der Waals surface area contributed by atoms with Gasteiger partial charge < -0.3 is 10.8 Å². The third-order valence-electron chi connectivity index (χ3n) is 18.2. The average molecular weight is 1170 g/mol. The minimum Gasteiger partial charge on any atom is -0.480 e. The Morgan fingerprint density at radius 3 is 0.637 bits per heavy atom. The first kappa shape index (κ1) is 51.9. The lowest BCUT2D eigenvalue weighted by Crippen LogP contribution is -2.70. The van der Waals surface area contributed by atoms with Gasteiger partial charge in [-0.2, -0.15) is 0 Å². The molecule has 0 bridgehead atoms. The van der Waals surface area contributed by atoms with Crippen LogP contribution in [-0.2, 0) is 21.2 Å². The van der Waals surface area contributed by atoms with Gasteiger partial charge in [0.2, 0.25) is 0 Å². The van der Waals surface area contributed by atoms with E-state index in [4.69, 9.17) is 59.8 Å². The van der Waals surface area contributed by atoms with Crippen LogP contribution in [0.1, 0.15) is 33.4 Å². The van der Waals surface area contributed by atoms with E-state index < -0.39 is 22.3 Å². The summed E-state index contributed by atoms with van der Waals surface area (Å²) in [6.45, 7) is 0. The monoisotopic (exact) mass is 1170 g/mol. The van der Waals surface area contributed by atoms with E-state index in [1.165, 1.54) is 0 Å². The molecule has 6 heterocycles. The SMILES string of the molecule is NC(c1cccc2nc3ccccc3nc12)(c1cccc2nc3ccccc3nc12)C(c1cccc2nc3ccccc3nc12)(c1cccc2nc3ccccc3nc12)C(C(=O)O)(c1cccc2nc3ccccc3nc12)c1cccc2nc3ccccc3nc12. The van der Waals surface area contributed by atoms with Gasteiger partial charge in [-0.1, -0.05) is 146 Å². The summed E-state index contributed by atoms with van der Waals surface area (Å²) in [6, 6.07) is 79.9. The van der Waals surface area contributed by atoms with Gasteiger partial charge in [0.15, 0.2) is 0 Å². The van der Waals surface area contributed by atoms with Crippen LogP contribution in [-0.4, -0.2) is 70.9 Å². The lowest BCUT2D eigenvalue weighted by atomic mass is 9.42. The number of para-hydroxylation sites is 18. The van der Waals surface area contributed by atoms with E-state index in [1.54, 1.807) is 0 Å². The molecule has 426 valence electrons. The zero-order valence-corrected chi connectivity index (χ0v) is 48.0. The predicted octanol–water partition coefficient (Wildman–Crippen LogP) is 14.5. The third kappa shape index (κ3) is 7.37. The van der Waals surface area contributed by atoms with Crippen molar-refractivity contribution in [2.45, 2.75) is 16.4 Å². The second-order valence-corrected chi connectivity index (χ2v) is 22.9. The molecule has 12 aromatic carbocycles. The Balaban J connectivity index is 1.21. The molecule has 0 spiro atoms. The topological polar surface area (TPSA) is 218 Å². The van der Waals surface area contributed by atoms with E-state index in [0.29, 0.717) is 144 Å². The van der Waals surface area contributed by atoms with Crippen molar-refractivity contribution in [2.75, 3.05) is 0 Å². The van der Waals surface area contributed by atoms with E-state index in [-0.39, 0.29) is 22.2 Å². The highest BCUT2D eigenvalue weighted by Crippen LogP contribution is 2.66. The molecule has 0 fully saturated rings. The van der Waals surface area contributed by atoms with Crippen molar-refractivity contribution >= 4 is 138 Å². The highest BCUT2D eigenvalue weighted by molar-refractivity contribution is 6.07. The molecule has 0 atom stereocenters. The van der Waals surface area contributed by atoms with Crippen molar-refractivity contribution < 1.29 is 9.90 Å². The zero-order valence-electron chi connectivity index (χ0n) is 48.0.